The van der Waals surface area contributed by atoms with Crippen LogP contribution in [0.2, 0.25) is 0 Å². The second-order valence-electron chi connectivity index (χ2n) is 16.3. The summed E-state index contributed by atoms with van der Waals surface area (Å²) < 4.78 is 45.8. The molecule has 7 rings (SSSR count). The molecular formula is C54H53FN2O10. The van der Waals surface area contributed by atoms with Crippen LogP contribution in [-0.4, -0.2) is 74.7 Å². The van der Waals surface area contributed by atoms with Gasteiger partial charge < -0.3 is 28.4 Å². The van der Waals surface area contributed by atoms with Crippen LogP contribution in [0, 0.1) is 24.2 Å². The predicted octanol–water partition coefficient (Wildman–Crippen LogP) is 9.97. The minimum Gasteiger partial charge on any atom is -0.491 e. The van der Waals surface area contributed by atoms with Crippen molar-refractivity contribution in [3.05, 3.63) is 138 Å². The number of carbonyl (C=O) groups is 4. The first kappa shape index (κ1) is 47.7. The minimum atomic E-state index is -1.18. The van der Waals surface area contributed by atoms with E-state index in [4.69, 9.17) is 35.2 Å². The fourth-order valence-corrected chi connectivity index (χ4v) is 8.60. The molecule has 2 aliphatic carbocycles. The molecule has 0 N–H and O–H groups in total. The van der Waals surface area contributed by atoms with Gasteiger partial charge in [0.05, 0.1) is 43.6 Å². The maximum atomic E-state index is 13.8. The number of esters is 4. The maximum Gasteiger partial charge on any atom is 0.384 e. The molecule has 0 unspecified atom stereocenters. The summed E-state index contributed by atoms with van der Waals surface area (Å²) in [4.78, 5) is 50.1. The third-order valence-corrected chi connectivity index (χ3v) is 11.9. The average Bonchev–Trinajstić information content (AvgIpc) is 3.68. The zero-order chi connectivity index (χ0) is 47.1. The number of halogens is 1. The largest absolute Gasteiger partial charge is 0.491 e. The lowest BCUT2D eigenvalue weighted by molar-refractivity contribution is -0.142. The number of hydrogen-bond donors (Lipinski definition) is 0. The van der Waals surface area contributed by atoms with E-state index in [0.717, 1.165) is 59.7 Å². The van der Waals surface area contributed by atoms with E-state index in [1.54, 1.807) is 42.6 Å². The van der Waals surface area contributed by atoms with Crippen LogP contribution in [-0.2, 0) is 28.6 Å². The number of carbonyl (C=O) groups excluding carboxylic acids is 4. The number of hydrogen-bond acceptors (Lipinski definition) is 12. The molecule has 1 saturated carbocycles. The fourth-order valence-electron chi connectivity index (χ4n) is 8.60. The van der Waals surface area contributed by atoms with Gasteiger partial charge in [0.15, 0.2) is 0 Å². The van der Waals surface area contributed by atoms with Crippen LogP contribution in [0.1, 0.15) is 85.0 Å². The van der Waals surface area contributed by atoms with Crippen molar-refractivity contribution >= 4 is 40.9 Å². The van der Waals surface area contributed by atoms with E-state index < -0.39 is 23.7 Å². The third-order valence-electron chi connectivity index (χ3n) is 11.9. The minimum absolute atomic E-state index is 0.0496. The van der Waals surface area contributed by atoms with Gasteiger partial charge in [0, 0.05) is 24.4 Å². The molecule has 0 radical (unpaired) electrons. The molecule has 13 heteroatoms. The molecule has 0 aromatic heterocycles. The van der Waals surface area contributed by atoms with Crippen molar-refractivity contribution in [3.63, 3.8) is 0 Å². The van der Waals surface area contributed by atoms with Gasteiger partial charge in [0.1, 0.15) is 30.5 Å². The summed E-state index contributed by atoms with van der Waals surface area (Å²) in [6.07, 6.45) is 13.3. The van der Waals surface area contributed by atoms with Crippen LogP contribution >= 0.6 is 0 Å². The van der Waals surface area contributed by atoms with Crippen molar-refractivity contribution in [2.24, 2.45) is 16.9 Å². The van der Waals surface area contributed by atoms with E-state index in [1.165, 1.54) is 6.42 Å². The van der Waals surface area contributed by atoms with Gasteiger partial charge in [-0.2, -0.15) is 9.49 Å². The summed E-state index contributed by atoms with van der Waals surface area (Å²) in [5, 5.41) is 8.48. The molecule has 0 atom stereocenters. The first-order valence-electron chi connectivity index (χ1n) is 22.6. The van der Waals surface area contributed by atoms with Gasteiger partial charge in [0.2, 0.25) is 5.83 Å². The molecule has 2 aliphatic rings. The van der Waals surface area contributed by atoms with E-state index in [1.807, 2.05) is 53.4 Å². The fraction of sp³-hybridized carbons (Fsp3) is 0.315. The van der Waals surface area contributed by atoms with Crippen LogP contribution in [0.15, 0.2) is 121 Å². The Morgan fingerprint density at radius 3 is 2.18 bits per heavy atom. The Kier molecular flexibility index (Phi) is 16.5. The lowest BCUT2D eigenvalue weighted by Crippen LogP contribution is -2.26. The maximum absolute atomic E-state index is 13.8. The Balaban J connectivity index is 1.14. The number of ether oxygens (including phenoxy) is 6. The summed E-state index contributed by atoms with van der Waals surface area (Å²) in [5.74, 6) is -0.269. The third kappa shape index (κ3) is 12.3. The quantitative estimate of drug-likeness (QED) is 0.0102. The Bertz CT molecular complexity index is 2600. The smallest absolute Gasteiger partial charge is 0.384 e. The first-order chi connectivity index (χ1) is 32.6. The topological polar surface area (TPSA) is 139 Å². The number of hydrazone groups is 1. The molecular weight excluding hydrogens is 856 g/mol. The van der Waals surface area contributed by atoms with Crippen molar-refractivity contribution < 1.29 is 52.0 Å². The molecule has 12 nitrogen and oxygen atoms in total. The summed E-state index contributed by atoms with van der Waals surface area (Å²) in [7, 11) is 0. The van der Waals surface area contributed by atoms with Gasteiger partial charge in [-0.3, -0.25) is 9.80 Å². The molecule has 1 fully saturated rings. The van der Waals surface area contributed by atoms with Crippen LogP contribution < -0.4 is 14.2 Å². The molecule has 0 aliphatic heterocycles. The zero-order valence-corrected chi connectivity index (χ0v) is 37.5. The SMILES string of the molecule is C#CC(=O)OCCCN(/N=C/c1c(OC(=O)c2ccc(OCCOCCOC(=O)C(=C)F)cc2)ccc2cc(OC(=O)C3CCC(CCC)CC3)ccc12)C1c2ccccc2-c2ccccc21. The Hall–Kier alpha value is -7.30. The van der Waals surface area contributed by atoms with Gasteiger partial charge in [-0.25, -0.2) is 14.4 Å². The number of fused-ring (bicyclic) bond motifs is 4. The van der Waals surface area contributed by atoms with Gasteiger partial charge in [-0.1, -0.05) is 80.9 Å². The van der Waals surface area contributed by atoms with Crippen molar-refractivity contribution in [2.75, 3.05) is 39.6 Å². The molecule has 0 spiro atoms. The van der Waals surface area contributed by atoms with Gasteiger partial charge in [-0.15, -0.1) is 6.42 Å². The van der Waals surface area contributed by atoms with Gasteiger partial charge in [0.25, 0.3) is 0 Å². The van der Waals surface area contributed by atoms with E-state index in [9.17, 15) is 23.6 Å². The molecule has 0 heterocycles. The first-order valence-corrected chi connectivity index (χ1v) is 22.6. The summed E-state index contributed by atoms with van der Waals surface area (Å²) >= 11 is 0. The second-order valence-corrected chi connectivity index (χ2v) is 16.3. The molecule has 0 amide bonds. The highest BCUT2D eigenvalue weighted by atomic mass is 19.1. The molecule has 5 aromatic rings. The average molecular weight is 909 g/mol. The summed E-state index contributed by atoms with van der Waals surface area (Å²) in [6.45, 7) is 5.79. The van der Waals surface area contributed by atoms with E-state index in [2.05, 4.69) is 42.5 Å². The highest BCUT2D eigenvalue weighted by molar-refractivity contribution is 6.04. The standard InChI is InChI=1S/C54H53FN2O10/c1-4-11-37-16-18-38(19-17-37)53(60)66-42-25-26-43-40(34-42)22-27-49(67-54(61)39-20-23-41(24-21-39)63-32-30-62-31-33-65-52(59)36(3)55)48(43)35-56-57(28-10-29-64-50(58)5-2)51-46-14-8-6-12-44(46)45-13-7-9-15-47(45)51/h2,6-9,12-15,20-27,34-35,37-38,51H,3-4,10-11,16-19,28-33H2,1H3/b56-35+. The lowest BCUT2D eigenvalue weighted by Gasteiger charge is -2.28. The normalized spacial score (nSPS) is 15.2. The lowest BCUT2D eigenvalue weighted by atomic mass is 9.80. The van der Waals surface area contributed by atoms with Crippen molar-refractivity contribution in [1.29, 1.82) is 0 Å². The molecule has 0 bridgehead atoms. The highest BCUT2D eigenvalue weighted by Gasteiger charge is 2.33. The van der Waals surface area contributed by atoms with E-state index in [0.29, 0.717) is 41.3 Å². The van der Waals surface area contributed by atoms with E-state index >= 15 is 0 Å². The zero-order valence-electron chi connectivity index (χ0n) is 37.5. The summed E-state index contributed by atoms with van der Waals surface area (Å²) in [5.41, 5.74) is 5.05. The summed E-state index contributed by atoms with van der Waals surface area (Å²) in [6, 6.07) is 31.3. The Morgan fingerprint density at radius 2 is 1.49 bits per heavy atom. The monoisotopic (exact) mass is 908 g/mol. The molecule has 67 heavy (non-hydrogen) atoms. The van der Waals surface area contributed by atoms with Crippen LogP contribution in [0.5, 0.6) is 17.2 Å². The Morgan fingerprint density at radius 1 is 0.806 bits per heavy atom. The molecule has 0 saturated heterocycles. The number of nitrogens with zero attached hydrogens (tertiary/aromatic N) is 2. The van der Waals surface area contributed by atoms with Crippen molar-refractivity contribution in [3.8, 4) is 40.7 Å². The Labute approximate surface area is 389 Å². The second kappa shape index (κ2) is 23.2. The van der Waals surface area contributed by atoms with Gasteiger partial charge >= 0.3 is 23.9 Å². The van der Waals surface area contributed by atoms with Gasteiger partial charge in [-0.05, 0) is 113 Å². The number of benzene rings is 5. The van der Waals surface area contributed by atoms with E-state index in [-0.39, 0.29) is 62.3 Å². The van der Waals surface area contributed by atoms with Crippen LogP contribution in [0.4, 0.5) is 4.39 Å². The van der Waals surface area contributed by atoms with Crippen molar-refractivity contribution in [2.45, 2.75) is 57.9 Å². The van der Waals surface area contributed by atoms with Crippen LogP contribution in [0.3, 0.4) is 0 Å². The number of terminal acetylenes is 1. The van der Waals surface area contributed by atoms with Crippen molar-refractivity contribution in [1.82, 2.24) is 5.01 Å². The highest BCUT2D eigenvalue weighted by Crippen LogP contribution is 2.46. The predicted molar refractivity (Wildman–Crippen MR) is 251 cm³/mol. The molecule has 5 aromatic carbocycles. The van der Waals surface area contributed by atoms with Crippen LogP contribution in [0.25, 0.3) is 21.9 Å². The number of rotatable bonds is 21. The molecule has 346 valence electrons.